The largest absolute Gasteiger partial charge is 0.292 e. The number of anilines is 1. The first kappa shape index (κ1) is 20.7. The second kappa shape index (κ2) is 8.74. The van der Waals surface area contributed by atoms with Crippen molar-refractivity contribution in [1.82, 2.24) is 14.6 Å². The van der Waals surface area contributed by atoms with Gasteiger partial charge >= 0.3 is 0 Å². The number of thiazole rings is 1. The molecule has 0 atom stereocenters. The van der Waals surface area contributed by atoms with E-state index in [0.717, 1.165) is 22.4 Å². The summed E-state index contributed by atoms with van der Waals surface area (Å²) in [6.45, 7) is 0. The van der Waals surface area contributed by atoms with Crippen molar-refractivity contribution < 1.29 is 4.79 Å². The highest BCUT2D eigenvalue weighted by Crippen LogP contribution is 2.33. The van der Waals surface area contributed by atoms with Crippen molar-refractivity contribution in [3.63, 3.8) is 0 Å². The number of halogens is 2. The molecule has 32 heavy (non-hydrogen) atoms. The summed E-state index contributed by atoms with van der Waals surface area (Å²) in [7, 11) is 0. The molecule has 0 unspecified atom stereocenters. The summed E-state index contributed by atoms with van der Waals surface area (Å²) >= 11 is 13.9. The third kappa shape index (κ3) is 4.00. The predicted octanol–water partition coefficient (Wildman–Crippen LogP) is 6.54. The van der Waals surface area contributed by atoms with Gasteiger partial charge in [-0.25, -0.2) is 4.52 Å². The molecule has 3 aromatic carbocycles. The second-order valence-electron chi connectivity index (χ2n) is 7.12. The Labute approximate surface area is 198 Å². The molecule has 0 saturated carbocycles. The van der Waals surface area contributed by atoms with Crippen LogP contribution in [0.4, 0.5) is 5.95 Å². The Bertz CT molecular complexity index is 1360. The number of aromatic nitrogens is 3. The lowest BCUT2D eigenvalue weighted by Gasteiger charge is -2.16. The van der Waals surface area contributed by atoms with Gasteiger partial charge in [-0.15, -0.1) is 16.4 Å². The van der Waals surface area contributed by atoms with Gasteiger partial charge in [-0.2, -0.15) is 4.98 Å². The Balaban J connectivity index is 1.49. The first-order chi connectivity index (χ1) is 15.6. The summed E-state index contributed by atoms with van der Waals surface area (Å²) in [6.07, 6.45) is 0. The lowest BCUT2D eigenvalue weighted by Crippen LogP contribution is -2.23. The van der Waals surface area contributed by atoms with E-state index in [4.69, 9.17) is 23.2 Å². The number of hydrogen-bond donors (Lipinski definition) is 1. The van der Waals surface area contributed by atoms with E-state index in [1.54, 1.807) is 22.7 Å². The summed E-state index contributed by atoms with van der Waals surface area (Å²) in [5, 5.41) is 10.4. The zero-order chi connectivity index (χ0) is 22.1. The molecular formula is C24H16Cl2N4OS. The molecule has 0 fully saturated rings. The summed E-state index contributed by atoms with van der Waals surface area (Å²) in [5.41, 5.74) is 3.29. The fourth-order valence-corrected chi connectivity index (χ4v) is 4.79. The average Bonchev–Trinajstić information content (AvgIpc) is 3.37. The highest BCUT2D eigenvalue weighted by molar-refractivity contribution is 7.15. The van der Waals surface area contributed by atoms with Crippen LogP contribution >= 0.6 is 34.5 Å². The van der Waals surface area contributed by atoms with Crippen molar-refractivity contribution in [3.05, 3.63) is 105 Å². The van der Waals surface area contributed by atoms with Crippen LogP contribution in [0.1, 0.15) is 17.0 Å². The summed E-state index contributed by atoms with van der Waals surface area (Å²) < 4.78 is 1.66. The van der Waals surface area contributed by atoms with Crippen LogP contribution in [-0.2, 0) is 4.79 Å². The molecule has 5 nitrogen and oxygen atoms in total. The van der Waals surface area contributed by atoms with E-state index in [0.29, 0.717) is 15.0 Å². The number of rotatable bonds is 5. The van der Waals surface area contributed by atoms with Crippen molar-refractivity contribution >= 4 is 51.4 Å². The Hall–Kier alpha value is -3.19. The van der Waals surface area contributed by atoms with Gasteiger partial charge in [0.25, 0.3) is 0 Å². The third-order valence-electron chi connectivity index (χ3n) is 5.05. The molecule has 8 heteroatoms. The van der Waals surface area contributed by atoms with Gasteiger partial charge in [0.15, 0.2) is 0 Å². The molecule has 0 saturated heterocycles. The van der Waals surface area contributed by atoms with E-state index >= 15 is 0 Å². The van der Waals surface area contributed by atoms with Crippen molar-refractivity contribution in [3.8, 4) is 11.3 Å². The van der Waals surface area contributed by atoms with Gasteiger partial charge in [0.2, 0.25) is 16.8 Å². The predicted molar refractivity (Wildman–Crippen MR) is 130 cm³/mol. The number of carbonyl (C=O) groups is 1. The summed E-state index contributed by atoms with van der Waals surface area (Å²) in [4.78, 5) is 18.5. The first-order valence-electron chi connectivity index (χ1n) is 9.80. The molecule has 0 aliphatic heterocycles. The topological polar surface area (TPSA) is 59.3 Å². The SMILES string of the molecule is O=C(Nc1nc2scc(-c3cc(Cl)ccc3Cl)n2n1)C(c1ccccc1)c1ccccc1. The van der Waals surface area contributed by atoms with Crippen molar-refractivity contribution in [2.75, 3.05) is 5.32 Å². The minimum absolute atomic E-state index is 0.206. The zero-order valence-corrected chi connectivity index (χ0v) is 18.9. The first-order valence-corrected chi connectivity index (χ1v) is 11.4. The van der Waals surface area contributed by atoms with Crippen molar-refractivity contribution in [2.24, 2.45) is 0 Å². The smallest absolute Gasteiger partial charge is 0.250 e. The Morgan fingerprint density at radius 3 is 2.25 bits per heavy atom. The van der Waals surface area contributed by atoms with Crippen LogP contribution < -0.4 is 5.32 Å². The van der Waals surface area contributed by atoms with Gasteiger partial charge in [-0.1, -0.05) is 83.9 Å². The number of nitrogens with zero attached hydrogens (tertiary/aromatic N) is 3. The molecule has 158 valence electrons. The van der Waals surface area contributed by atoms with Crippen molar-refractivity contribution in [1.29, 1.82) is 0 Å². The molecular weight excluding hydrogens is 463 g/mol. The van der Waals surface area contributed by atoms with Crippen LogP contribution in [0.2, 0.25) is 10.0 Å². The van der Waals surface area contributed by atoms with E-state index in [2.05, 4.69) is 15.4 Å². The second-order valence-corrected chi connectivity index (χ2v) is 8.80. The molecule has 0 radical (unpaired) electrons. The lowest BCUT2D eigenvalue weighted by molar-refractivity contribution is -0.116. The van der Waals surface area contributed by atoms with Gasteiger partial charge in [0, 0.05) is 16.0 Å². The summed E-state index contributed by atoms with van der Waals surface area (Å²) in [6, 6.07) is 24.6. The van der Waals surface area contributed by atoms with Crippen LogP contribution in [0.5, 0.6) is 0 Å². The van der Waals surface area contributed by atoms with Crippen LogP contribution in [0.25, 0.3) is 16.2 Å². The maximum absolute atomic E-state index is 13.3. The fourth-order valence-electron chi connectivity index (χ4n) is 3.58. The van der Waals surface area contributed by atoms with Crippen LogP contribution in [-0.4, -0.2) is 20.5 Å². The van der Waals surface area contributed by atoms with Gasteiger partial charge in [0.1, 0.15) is 0 Å². The quantitative estimate of drug-likeness (QED) is 0.312. The molecule has 0 spiro atoms. The third-order valence-corrected chi connectivity index (χ3v) is 6.43. The Morgan fingerprint density at radius 2 is 1.59 bits per heavy atom. The number of fused-ring (bicyclic) bond motifs is 1. The van der Waals surface area contributed by atoms with E-state index in [9.17, 15) is 4.79 Å². The molecule has 0 aliphatic rings. The van der Waals surface area contributed by atoms with Gasteiger partial charge in [0.05, 0.1) is 16.6 Å². The number of nitrogens with one attached hydrogen (secondary N) is 1. The molecule has 5 rings (SSSR count). The molecule has 2 aromatic heterocycles. The van der Waals surface area contributed by atoms with E-state index in [-0.39, 0.29) is 11.9 Å². The fraction of sp³-hybridized carbons (Fsp3) is 0.0417. The average molecular weight is 479 g/mol. The van der Waals surface area contributed by atoms with E-state index in [1.807, 2.05) is 66.0 Å². The maximum atomic E-state index is 13.3. The Kier molecular flexibility index (Phi) is 5.66. The maximum Gasteiger partial charge on any atom is 0.250 e. The minimum atomic E-state index is -0.485. The summed E-state index contributed by atoms with van der Waals surface area (Å²) in [5.74, 6) is -0.457. The van der Waals surface area contributed by atoms with Gasteiger partial charge in [-0.3, -0.25) is 10.1 Å². The molecule has 0 bridgehead atoms. The van der Waals surface area contributed by atoms with Crippen molar-refractivity contribution in [2.45, 2.75) is 5.92 Å². The molecule has 2 heterocycles. The molecule has 0 aliphatic carbocycles. The standard InChI is InChI=1S/C24H16Cl2N4OS/c25-17-11-12-19(26)18(13-17)20-14-32-24-28-23(29-30(20)24)27-22(31)21(15-7-3-1-4-8-15)16-9-5-2-6-10-16/h1-14,21H,(H,27,29,31). The highest BCUT2D eigenvalue weighted by Gasteiger charge is 2.24. The number of benzene rings is 3. The van der Waals surface area contributed by atoms with Gasteiger partial charge < -0.3 is 0 Å². The number of amides is 1. The monoisotopic (exact) mass is 478 g/mol. The molecule has 5 aromatic rings. The Morgan fingerprint density at radius 1 is 0.938 bits per heavy atom. The highest BCUT2D eigenvalue weighted by atomic mass is 35.5. The van der Waals surface area contributed by atoms with Crippen LogP contribution in [0.15, 0.2) is 84.2 Å². The molecule has 1 N–H and O–H groups in total. The number of hydrogen-bond acceptors (Lipinski definition) is 4. The van der Waals surface area contributed by atoms with Crippen LogP contribution in [0.3, 0.4) is 0 Å². The zero-order valence-electron chi connectivity index (χ0n) is 16.6. The normalized spacial score (nSPS) is 11.2. The van der Waals surface area contributed by atoms with E-state index < -0.39 is 5.92 Å². The van der Waals surface area contributed by atoms with E-state index in [1.165, 1.54) is 11.3 Å². The lowest BCUT2D eigenvalue weighted by atomic mass is 9.90. The van der Waals surface area contributed by atoms with Crippen LogP contribution in [0, 0.1) is 0 Å². The number of carbonyl (C=O) groups excluding carboxylic acids is 1. The minimum Gasteiger partial charge on any atom is -0.292 e. The van der Waals surface area contributed by atoms with Gasteiger partial charge in [-0.05, 0) is 29.3 Å². The molecule has 1 amide bonds.